The Morgan fingerprint density at radius 1 is 1.42 bits per heavy atom. The molecule has 19 heavy (non-hydrogen) atoms. The van der Waals surface area contributed by atoms with E-state index in [-0.39, 0.29) is 6.04 Å². The van der Waals surface area contributed by atoms with Crippen LogP contribution >= 0.6 is 11.3 Å². The van der Waals surface area contributed by atoms with Crippen molar-refractivity contribution in [3.63, 3.8) is 0 Å². The Bertz CT molecular complexity index is 607. The van der Waals surface area contributed by atoms with E-state index in [1.807, 2.05) is 32.2 Å². The van der Waals surface area contributed by atoms with E-state index in [0.29, 0.717) is 5.56 Å². The van der Waals surface area contributed by atoms with Crippen molar-refractivity contribution in [2.45, 2.75) is 26.8 Å². The van der Waals surface area contributed by atoms with Crippen LogP contribution in [0.15, 0.2) is 23.6 Å². The third kappa shape index (κ3) is 2.93. The van der Waals surface area contributed by atoms with Crippen LogP contribution in [0.5, 0.6) is 0 Å². The highest BCUT2D eigenvalue weighted by Crippen LogP contribution is 2.25. The SMILES string of the molecule is Cc1nc(C(C)Nc2cccc(C(=O)O)c2C)cs1. The molecule has 0 radical (unpaired) electrons. The summed E-state index contributed by atoms with van der Waals surface area (Å²) in [5.41, 5.74) is 2.88. The summed E-state index contributed by atoms with van der Waals surface area (Å²) in [4.78, 5) is 15.5. The van der Waals surface area contributed by atoms with Gasteiger partial charge in [-0.2, -0.15) is 0 Å². The second-order valence-corrected chi connectivity index (χ2v) is 5.50. The van der Waals surface area contributed by atoms with Crippen molar-refractivity contribution in [2.24, 2.45) is 0 Å². The summed E-state index contributed by atoms with van der Waals surface area (Å²) in [5.74, 6) is -0.904. The molecule has 2 rings (SSSR count). The summed E-state index contributed by atoms with van der Waals surface area (Å²) in [6.07, 6.45) is 0. The van der Waals surface area contributed by atoms with Gasteiger partial charge in [0.15, 0.2) is 0 Å². The smallest absolute Gasteiger partial charge is 0.336 e. The normalized spacial score (nSPS) is 12.2. The van der Waals surface area contributed by atoms with Gasteiger partial charge < -0.3 is 10.4 Å². The van der Waals surface area contributed by atoms with E-state index < -0.39 is 5.97 Å². The van der Waals surface area contributed by atoms with Crippen molar-refractivity contribution in [3.8, 4) is 0 Å². The second kappa shape index (κ2) is 5.40. The minimum absolute atomic E-state index is 0.0488. The summed E-state index contributed by atoms with van der Waals surface area (Å²) in [5, 5.41) is 15.5. The minimum Gasteiger partial charge on any atom is -0.478 e. The average molecular weight is 276 g/mol. The van der Waals surface area contributed by atoms with Crippen molar-refractivity contribution in [3.05, 3.63) is 45.4 Å². The Morgan fingerprint density at radius 2 is 2.16 bits per heavy atom. The summed E-state index contributed by atoms with van der Waals surface area (Å²) in [6, 6.07) is 5.29. The fourth-order valence-electron chi connectivity index (χ4n) is 1.91. The number of aromatic carboxylic acids is 1. The minimum atomic E-state index is -0.904. The predicted molar refractivity (Wildman–Crippen MR) is 77.0 cm³/mol. The van der Waals surface area contributed by atoms with Gasteiger partial charge in [0, 0.05) is 11.1 Å². The standard InChI is InChI=1S/C14H16N2O2S/c1-8-11(14(17)18)5-4-6-12(8)15-9(2)13-7-19-10(3)16-13/h4-7,9,15H,1-3H3,(H,17,18). The number of anilines is 1. The Labute approximate surface area is 116 Å². The highest BCUT2D eigenvalue weighted by atomic mass is 32.1. The summed E-state index contributed by atoms with van der Waals surface area (Å²) < 4.78 is 0. The van der Waals surface area contributed by atoms with Gasteiger partial charge in [0.05, 0.1) is 22.3 Å². The molecular formula is C14H16N2O2S. The predicted octanol–water partition coefficient (Wildman–Crippen LogP) is 3.63. The number of nitrogens with one attached hydrogen (secondary N) is 1. The molecule has 0 aliphatic heterocycles. The van der Waals surface area contributed by atoms with Gasteiger partial charge in [-0.3, -0.25) is 0 Å². The molecular weight excluding hydrogens is 260 g/mol. The van der Waals surface area contributed by atoms with Crippen molar-refractivity contribution < 1.29 is 9.90 Å². The molecule has 0 amide bonds. The zero-order valence-corrected chi connectivity index (χ0v) is 11.9. The summed E-state index contributed by atoms with van der Waals surface area (Å²) >= 11 is 1.61. The van der Waals surface area contributed by atoms with Crippen molar-refractivity contribution >= 4 is 23.0 Å². The van der Waals surface area contributed by atoms with E-state index in [2.05, 4.69) is 10.3 Å². The highest BCUT2D eigenvalue weighted by Gasteiger charge is 2.13. The number of benzene rings is 1. The molecule has 0 aliphatic carbocycles. The number of carbonyl (C=O) groups is 1. The lowest BCUT2D eigenvalue weighted by Crippen LogP contribution is -2.10. The third-order valence-electron chi connectivity index (χ3n) is 3.02. The molecule has 0 saturated carbocycles. The van der Waals surface area contributed by atoms with E-state index >= 15 is 0 Å². The van der Waals surface area contributed by atoms with Crippen LogP contribution in [0.1, 0.15) is 39.6 Å². The average Bonchev–Trinajstić information content (AvgIpc) is 2.78. The number of carboxylic acids is 1. The number of rotatable bonds is 4. The van der Waals surface area contributed by atoms with Gasteiger partial charge in [-0.15, -0.1) is 11.3 Å². The molecule has 1 heterocycles. The number of aromatic nitrogens is 1. The van der Waals surface area contributed by atoms with E-state index in [9.17, 15) is 4.79 Å². The van der Waals surface area contributed by atoms with Gasteiger partial charge in [0.1, 0.15) is 0 Å². The van der Waals surface area contributed by atoms with E-state index in [0.717, 1.165) is 22.0 Å². The Balaban J connectivity index is 2.24. The lowest BCUT2D eigenvalue weighted by atomic mass is 10.1. The largest absolute Gasteiger partial charge is 0.478 e. The van der Waals surface area contributed by atoms with Crippen LogP contribution < -0.4 is 5.32 Å². The van der Waals surface area contributed by atoms with Gasteiger partial charge in [0.25, 0.3) is 0 Å². The quantitative estimate of drug-likeness (QED) is 0.895. The molecule has 1 aromatic carbocycles. The maximum atomic E-state index is 11.1. The summed E-state index contributed by atoms with van der Waals surface area (Å²) in [6.45, 7) is 5.80. The first-order valence-electron chi connectivity index (χ1n) is 6.00. The molecule has 100 valence electrons. The van der Waals surface area contributed by atoms with Gasteiger partial charge in [-0.1, -0.05) is 6.07 Å². The fourth-order valence-corrected chi connectivity index (χ4v) is 2.62. The van der Waals surface area contributed by atoms with Crippen LogP contribution in [-0.2, 0) is 0 Å². The molecule has 1 aromatic heterocycles. The zero-order chi connectivity index (χ0) is 14.0. The Morgan fingerprint density at radius 3 is 2.74 bits per heavy atom. The molecule has 5 heteroatoms. The van der Waals surface area contributed by atoms with E-state index in [1.165, 1.54) is 0 Å². The van der Waals surface area contributed by atoms with Gasteiger partial charge in [-0.25, -0.2) is 9.78 Å². The van der Waals surface area contributed by atoms with Crippen molar-refractivity contribution in [1.29, 1.82) is 0 Å². The number of hydrogen-bond donors (Lipinski definition) is 2. The molecule has 1 unspecified atom stereocenters. The maximum absolute atomic E-state index is 11.1. The maximum Gasteiger partial charge on any atom is 0.336 e. The molecule has 0 spiro atoms. The topological polar surface area (TPSA) is 62.2 Å². The highest BCUT2D eigenvalue weighted by molar-refractivity contribution is 7.09. The summed E-state index contributed by atoms with van der Waals surface area (Å²) in [7, 11) is 0. The zero-order valence-electron chi connectivity index (χ0n) is 11.1. The van der Waals surface area contributed by atoms with Crippen LogP contribution in [0, 0.1) is 13.8 Å². The molecule has 4 nitrogen and oxygen atoms in total. The molecule has 2 aromatic rings. The van der Waals surface area contributed by atoms with Crippen LogP contribution in [0.25, 0.3) is 0 Å². The van der Waals surface area contributed by atoms with E-state index in [4.69, 9.17) is 5.11 Å². The first-order valence-corrected chi connectivity index (χ1v) is 6.88. The molecule has 0 fully saturated rings. The van der Waals surface area contributed by atoms with Crippen LogP contribution in [0.3, 0.4) is 0 Å². The van der Waals surface area contributed by atoms with Gasteiger partial charge in [0.2, 0.25) is 0 Å². The van der Waals surface area contributed by atoms with Crippen LogP contribution in [-0.4, -0.2) is 16.1 Å². The van der Waals surface area contributed by atoms with Crippen molar-refractivity contribution in [1.82, 2.24) is 4.98 Å². The lowest BCUT2D eigenvalue weighted by Gasteiger charge is -2.16. The fraction of sp³-hybridized carbons (Fsp3) is 0.286. The third-order valence-corrected chi connectivity index (χ3v) is 3.81. The van der Waals surface area contributed by atoms with Crippen LogP contribution in [0.2, 0.25) is 0 Å². The molecule has 2 N–H and O–H groups in total. The van der Waals surface area contributed by atoms with E-state index in [1.54, 1.807) is 23.5 Å². The van der Waals surface area contributed by atoms with Gasteiger partial charge >= 0.3 is 5.97 Å². The Kier molecular flexibility index (Phi) is 3.85. The number of thiazole rings is 1. The second-order valence-electron chi connectivity index (χ2n) is 4.44. The number of hydrogen-bond acceptors (Lipinski definition) is 4. The molecule has 0 saturated heterocycles. The molecule has 0 bridgehead atoms. The number of nitrogens with zero attached hydrogens (tertiary/aromatic N) is 1. The van der Waals surface area contributed by atoms with Gasteiger partial charge in [-0.05, 0) is 38.5 Å². The monoisotopic (exact) mass is 276 g/mol. The first kappa shape index (κ1) is 13.5. The molecule has 0 aliphatic rings. The molecule has 1 atom stereocenters. The van der Waals surface area contributed by atoms with Crippen LogP contribution in [0.4, 0.5) is 5.69 Å². The lowest BCUT2D eigenvalue weighted by molar-refractivity contribution is 0.0696. The number of carboxylic acid groups (broad SMARTS) is 1. The van der Waals surface area contributed by atoms with Crippen molar-refractivity contribution in [2.75, 3.05) is 5.32 Å². The Hall–Kier alpha value is -1.88. The first-order chi connectivity index (χ1) is 8.99. The number of aryl methyl sites for hydroxylation is 1.